The molecule has 0 spiro atoms. The van der Waals surface area contributed by atoms with E-state index < -0.39 is 4.92 Å². The molecule has 3 aliphatic carbocycles. The number of nitro benzene ring substituents is 1. The SMILES string of the molecule is COc1ccc([N+](=O)[O-])cc1N1C(=O)C2C3C=CC(CC3)C2C1=O. The maximum atomic E-state index is 12.9. The number of carbonyl (C=O) groups excluding carboxylic acids is 2. The maximum absolute atomic E-state index is 12.9. The van der Waals surface area contributed by atoms with Gasteiger partial charge >= 0.3 is 0 Å². The van der Waals surface area contributed by atoms with Crippen molar-refractivity contribution in [1.29, 1.82) is 0 Å². The van der Waals surface area contributed by atoms with E-state index in [9.17, 15) is 19.7 Å². The van der Waals surface area contributed by atoms with Gasteiger partial charge in [-0.25, -0.2) is 4.90 Å². The number of carbonyl (C=O) groups is 2. The minimum Gasteiger partial charge on any atom is -0.495 e. The summed E-state index contributed by atoms with van der Waals surface area (Å²) in [5.74, 6) is -0.834. The number of hydrogen-bond acceptors (Lipinski definition) is 5. The lowest BCUT2D eigenvalue weighted by Crippen LogP contribution is -2.38. The minimum atomic E-state index is -0.549. The molecule has 2 bridgehead atoms. The second kappa shape index (κ2) is 5.15. The normalized spacial score (nSPS) is 30.6. The predicted molar refractivity (Wildman–Crippen MR) is 84.5 cm³/mol. The monoisotopic (exact) mass is 328 g/mol. The first-order valence-corrected chi connectivity index (χ1v) is 7.91. The van der Waals surface area contributed by atoms with E-state index in [4.69, 9.17) is 4.74 Å². The van der Waals surface area contributed by atoms with Crippen LogP contribution in [0.5, 0.6) is 5.75 Å². The number of nitro groups is 1. The first-order chi connectivity index (χ1) is 11.5. The summed E-state index contributed by atoms with van der Waals surface area (Å²) in [6.45, 7) is 0. The van der Waals surface area contributed by atoms with Crippen molar-refractivity contribution in [3.05, 3.63) is 40.5 Å². The van der Waals surface area contributed by atoms with Crippen molar-refractivity contribution in [1.82, 2.24) is 0 Å². The highest BCUT2D eigenvalue weighted by atomic mass is 16.6. The molecule has 0 N–H and O–H groups in total. The topological polar surface area (TPSA) is 89.8 Å². The minimum absolute atomic E-state index is 0.0751. The van der Waals surface area contributed by atoms with Crippen molar-refractivity contribution in [2.24, 2.45) is 23.7 Å². The summed E-state index contributed by atoms with van der Waals surface area (Å²) in [4.78, 5) is 37.5. The molecule has 1 aromatic rings. The van der Waals surface area contributed by atoms with Gasteiger partial charge in [0.15, 0.2) is 0 Å². The molecular weight excluding hydrogens is 312 g/mol. The Morgan fingerprint density at radius 3 is 2.17 bits per heavy atom. The van der Waals surface area contributed by atoms with E-state index in [1.807, 2.05) is 12.2 Å². The Bertz CT molecular complexity index is 755. The van der Waals surface area contributed by atoms with Crippen LogP contribution < -0.4 is 9.64 Å². The van der Waals surface area contributed by atoms with Crippen molar-refractivity contribution < 1.29 is 19.2 Å². The van der Waals surface area contributed by atoms with Crippen LogP contribution in [0.3, 0.4) is 0 Å². The number of amides is 2. The number of methoxy groups -OCH3 is 1. The fourth-order valence-electron chi connectivity index (χ4n) is 4.28. The van der Waals surface area contributed by atoms with Crippen molar-refractivity contribution >= 4 is 23.2 Å². The summed E-state index contributed by atoms with van der Waals surface area (Å²) in [6.07, 6.45) is 5.88. The van der Waals surface area contributed by atoms with Crippen molar-refractivity contribution in [2.75, 3.05) is 12.0 Å². The third-order valence-electron chi connectivity index (χ3n) is 5.37. The van der Waals surface area contributed by atoms with Gasteiger partial charge in [0.25, 0.3) is 5.69 Å². The van der Waals surface area contributed by atoms with E-state index in [1.54, 1.807) is 0 Å². The van der Waals surface area contributed by atoms with Crippen LogP contribution in [0.25, 0.3) is 0 Å². The fraction of sp³-hybridized carbons (Fsp3) is 0.412. The molecule has 1 heterocycles. The average Bonchev–Trinajstić information content (AvgIpc) is 2.88. The van der Waals surface area contributed by atoms with Crippen LogP contribution >= 0.6 is 0 Å². The van der Waals surface area contributed by atoms with E-state index in [0.717, 1.165) is 17.7 Å². The van der Waals surface area contributed by atoms with Crippen LogP contribution in [0, 0.1) is 33.8 Å². The highest BCUT2D eigenvalue weighted by molar-refractivity contribution is 6.23. The van der Waals surface area contributed by atoms with Crippen molar-refractivity contribution in [3.8, 4) is 5.75 Å². The molecular formula is C17H16N2O5. The van der Waals surface area contributed by atoms with Gasteiger partial charge in [-0.15, -0.1) is 0 Å². The Labute approximate surface area is 138 Å². The van der Waals surface area contributed by atoms with Gasteiger partial charge in [-0.3, -0.25) is 19.7 Å². The van der Waals surface area contributed by atoms with Gasteiger partial charge in [0, 0.05) is 12.1 Å². The maximum Gasteiger partial charge on any atom is 0.271 e. The van der Waals surface area contributed by atoms with E-state index in [0.29, 0.717) is 0 Å². The van der Waals surface area contributed by atoms with Crippen LogP contribution in [-0.2, 0) is 9.59 Å². The summed E-state index contributed by atoms with van der Waals surface area (Å²) < 4.78 is 5.23. The Kier molecular flexibility index (Phi) is 3.19. The molecule has 0 aromatic heterocycles. The van der Waals surface area contributed by atoms with Crippen molar-refractivity contribution in [2.45, 2.75) is 12.8 Å². The highest BCUT2D eigenvalue weighted by Crippen LogP contribution is 2.51. The summed E-state index contributed by atoms with van der Waals surface area (Å²) in [5.41, 5.74) is -0.0159. The molecule has 7 nitrogen and oxygen atoms in total. The third kappa shape index (κ3) is 1.90. The molecule has 24 heavy (non-hydrogen) atoms. The molecule has 2 amide bonds. The van der Waals surface area contributed by atoms with E-state index in [2.05, 4.69) is 0 Å². The smallest absolute Gasteiger partial charge is 0.271 e. The Morgan fingerprint density at radius 1 is 1.12 bits per heavy atom. The summed E-state index contributed by atoms with van der Waals surface area (Å²) in [6, 6.07) is 3.95. The van der Waals surface area contributed by atoms with Gasteiger partial charge in [0.2, 0.25) is 11.8 Å². The number of ether oxygens (including phenoxy) is 1. The number of non-ortho nitro benzene ring substituents is 1. The number of nitrogens with zero attached hydrogens (tertiary/aromatic N) is 2. The molecule has 7 heteroatoms. The van der Waals surface area contributed by atoms with Gasteiger partial charge in [0.1, 0.15) is 11.4 Å². The quantitative estimate of drug-likeness (QED) is 0.367. The standard InChI is InChI=1S/C17H16N2O5/c1-24-13-7-6-11(19(22)23)8-12(13)18-16(20)14-9-2-3-10(5-4-9)15(14)17(18)21/h2-3,6-10,14-15H,4-5H2,1H3. The van der Waals surface area contributed by atoms with Crippen LogP contribution in [0.1, 0.15) is 12.8 Å². The summed E-state index contributed by atoms with van der Waals surface area (Å²) >= 11 is 0. The van der Waals surface area contributed by atoms with Gasteiger partial charge in [-0.1, -0.05) is 12.2 Å². The number of fused-ring (bicyclic) bond motifs is 1. The van der Waals surface area contributed by atoms with Gasteiger partial charge < -0.3 is 4.74 Å². The summed E-state index contributed by atoms with van der Waals surface area (Å²) in [7, 11) is 1.41. The van der Waals surface area contributed by atoms with Crippen LogP contribution in [-0.4, -0.2) is 23.8 Å². The highest BCUT2D eigenvalue weighted by Gasteiger charge is 2.57. The molecule has 1 saturated carbocycles. The number of allylic oxidation sites excluding steroid dienone is 2. The fourth-order valence-corrected chi connectivity index (χ4v) is 4.28. The Balaban J connectivity index is 1.80. The van der Waals surface area contributed by atoms with Gasteiger partial charge in [0.05, 0.1) is 23.9 Å². The second-order valence-electron chi connectivity index (χ2n) is 6.47. The third-order valence-corrected chi connectivity index (χ3v) is 5.37. The molecule has 1 aromatic carbocycles. The molecule has 1 aliphatic heterocycles. The molecule has 4 aliphatic rings. The number of imide groups is 1. The summed E-state index contributed by atoms with van der Waals surface area (Å²) in [5, 5.41) is 11.1. The Hall–Kier alpha value is -2.70. The zero-order valence-corrected chi connectivity index (χ0v) is 13.0. The molecule has 1 saturated heterocycles. The largest absolute Gasteiger partial charge is 0.495 e. The lowest BCUT2D eigenvalue weighted by molar-refractivity contribution is -0.384. The number of rotatable bonds is 3. The van der Waals surface area contributed by atoms with Gasteiger partial charge in [-0.2, -0.15) is 0 Å². The molecule has 0 radical (unpaired) electrons. The number of hydrogen-bond donors (Lipinski definition) is 0. The van der Waals surface area contributed by atoms with Crippen molar-refractivity contribution in [3.63, 3.8) is 0 Å². The molecule has 4 atom stereocenters. The van der Waals surface area contributed by atoms with E-state index in [-0.39, 0.29) is 52.6 Å². The number of anilines is 1. The average molecular weight is 328 g/mol. The second-order valence-corrected chi connectivity index (χ2v) is 6.47. The van der Waals surface area contributed by atoms with Crippen LogP contribution in [0.15, 0.2) is 30.4 Å². The lowest BCUT2D eigenvalue weighted by atomic mass is 9.63. The van der Waals surface area contributed by atoms with Gasteiger partial charge in [-0.05, 0) is 30.7 Å². The first kappa shape index (κ1) is 14.9. The molecule has 124 valence electrons. The number of benzene rings is 1. The van der Waals surface area contributed by atoms with E-state index in [1.165, 1.54) is 25.3 Å². The molecule has 4 unspecified atom stereocenters. The molecule has 2 fully saturated rings. The zero-order chi connectivity index (χ0) is 17.0. The lowest BCUT2D eigenvalue weighted by Gasteiger charge is -2.38. The van der Waals surface area contributed by atoms with Crippen LogP contribution in [0.4, 0.5) is 11.4 Å². The zero-order valence-electron chi connectivity index (χ0n) is 13.0. The first-order valence-electron chi connectivity index (χ1n) is 7.91. The van der Waals surface area contributed by atoms with Crippen LogP contribution in [0.2, 0.25) is 0 Å². The predicted octanol–water partition coefficient (Wildman–Crippen LogP) is 2.30. The molecule has 5 rings (SSSR count). The van der Waals surface area contributed by atoms with E-state index >= 15 is 0 Å². The Morgan fingerprint density at radius 2 is 1.71 bits per heavy atom.